The molecule has 7 N–H and O–H groups in total. The summed E-state index contributed by atoms with van der Waals surface area (Å²) in [4.78, 5) is 13.0. The number of hydrogen-bond donors (Lipinski definition) is 7. The average molecular weight is 961 g/mol. The van der Waals surface area contributed by atoms with Crippen molar-refractivity contribution in [3.8, 4) is 0 Å². The molecule has 0 aliphatic carbocycles. The minimum absolute atomic E-state index is 0.0639. The van der Waals surface area contributed by atoms with Gasteiger partial charge in [0.15, 0.2) is 12.6 Å². The molecule has 0 aromatic heterocycles. The van der Waals surface area contributed by atoms with Crippen molar-refractivity contribution in [3.63, 3.8) is 0 Å². The van der Waals surface area contributed by atoms with Crippen molar-refractivity contribution in [2.24, 2.45) is 0 Å². The van der Waals surface area contributed by atoms with Gasteiger partial charge in [-0.1, -0.05) is 193 Å². The van der Waals surface area contributed by atoms with Gasteiger partial charge in [0.05, 0.1) is 26.4 Å². The lowest BCUT2D eigenvalue weighted by Gasteiger charge is -2.42. The number of aliphatic hydroxyl groups is 7. The summed E-state index contributed by atoms with van der Waals surface area (Å²) in [5.41, 5.74) is 0. The zero-order valence-corrected chi connectivity index (χ0v) is 42.2. The van der Waals surface area contributed by atoms with E-state index >= 15 is 0 Å². The maximum Gasteiger partial charge on any atom is 0.306 e. The van der Waals surface area contributed by atoms with Crippen molar-refractivity contribution in [1.82, 2.24) is 0 Å². The van der Waals surface area contributed by atoms with Crippen molar-refractivity contribution < 1.29 is 69.0 Å². The lowest BCUT2D eigenvalue weighted by Crippen LogP contribution is -2.61. The maximum atomic E-state index is 13.0. The highest BCUT2D eigenvalue weighted by atomic mass is 16.7. The Morgan fingerprint density at radius 2 is 0.896 bits per heavy atom. The van der Waals surface area contributed by atoms with E-state index in [1.165, 1.54) is 135 Å². The average Bonchev–Trinajstić information content (AvgIpc) is 3.32. The Labute approximate surface area is 405 Å². The first kappa shape index (κ1) is 61.8. The highest BCUT2D eigenvalue weighted by molar-refractivity contribution is 5.69. The van der Waals surface area contributed by atoms with Gasteiger partial charge in [0, 0.05) is 13.0 Å². The molecule has 0 saturated carbocycles. The molecule has 0 aromatic rings. The van der Waals surface area contributed by atoms with Crippen molar-refractivity contribution in [1.29, 1.82) is 0 Å². The van der Waals surface area contributed by atoms with E-state index in [-0.39, 0.29) is 25.6 Å². The molecule has 11 unspecified atom stereocenters. The minimum atomic E-state index is -1.70. The van der Waals surface area contributed by atoms with Crippen molar-refractivity contribution >= 4 is 5.97 Å². The Hall–Kier alpha value is -1.27. The lowest BCUT2D eigenvalue weighted by atomic mass is 9.98. The second-order valence-electron chi connectivity index (χ2n) is 19.4. The number of unbranched alkanes of at least 4 members (excludes halogenated alkanes) is 28. The molecule has 0 aromatic carbocycles. The van der Waals surface area contributed by atoms with Crippen LogP contribution in [-0.2, 0) is 33.2 Å². The molecule has 0 bridgehead atoms. The molecule has 2 saturated heterocycles. The Kier molecular flexibility index (Phi) is 38.2. The second-order valence-corrected chi connectivity index (χ2v) is 19.4. The summed E-state index contributed by atoms with van der Waals surface area (Å²) >= 11 is 0. The van der Waals surface area contributed by atoms with E-state index in [1.807, 2.05) is 0 Å². The highest BCUT2D eigenvalue weighted by Gasteiger charge is 2.47. The van der Waals surface area contributed by atoms with Crippen LogP contribution in [0, 0.1) is 0 Å². The monoisotopic (exact) mass is 961 g/mol. The molecule has 0 radical (unpaired) electrons. The van der Waals surface area contributed by atoms with Gasteiger partial charge in [-0.05, 0) is 32.1 Å². The van der Waals surface area contributed by atoms with Gasteiger partial charge in [-0.25, -0.2) is 0 Å². The Balaban J connectivity index is 1.69. The minimum Gasteiger partial charge on any atom is -0.457 e. The molecule has 2 aliphatic heterocycles. The zero-order valence-electron chi connectivity index (χ0n) is 42.2. The molecule has 0 amide bonds. The molecule has 2 fully saturated rings. The van der Waals surface area contributed by atoms with Crippen LogP contribution in [0.5, 0.6) is 0 Å². The summed E-state index contributed by atoms with van der Waals surface area (Å²) in [5.74, 6) is -0.383. The van der Waals surface area contributed by atoms with Crippen LogP contribution in [0.1, 0.15) is 219 Å². The third-order valence-electron chi connectivity index (χ3n) is 13.3. The molecule has 396 valence electrons. The third kappa shape index (κ3) is 29.0. The van der Waals surface area contributed by atoms with Gasteiger partial charge < -0.3 is 64.2 Å². The molecule has 14 nitrogen and oxygen atoms in total. The van der Waals surface area contributed by atoms with E-state index in [0.717, 1.165) is 57.8 Å². The van der Waals surface area contributed by atoms with Crippen molar-refractivity contribution in [3.05, 3.63) is 12.2 Å². The molecule has 2 heterocycles. The standard InChI is InChI=1S/C53H100O14/c1-3-5-7-9-11-13-15-16-17-18-19-20-21-22-23-24-25-27-29-31-33-35-37-62-39-42(65-45(55)36-34-32-30-28-26-14-12-10-8-6-4-2)40-63-52-51(61)49(59)47(57)44(67-52)41-64-53-50(60)48(58)46(56)43(38-54)66-53/h10,12,42-44,46-54,56-61H,3-9,11,13-41H2,1-2H3/b12-10-. The van der Waals surface area contributed by atoms with Crippen molar-refractivity contribution in [2.45, 2.75) is 287 Å². The van der Waals surface area contributed by atoms with Crippen molar-refractivity contribution in [2.75, 3.05) is 33.0 Å². The zero-order chi connectivity index (χ0) is 48.7. The largest absolute Gasteiger partial charge is 0.457 e. The topological polar surface area (TPSA) is 214 Å². The maximum absolute atomic E-state index is 13.0. The van der Waals surface area contributed by atoms with Crippen LogP contribution in [-0.4, -0.2) is 142 Å². The summed E-state index contributed by atoms with van der Waals surface area (Å²) in [6, 6.07) is 0. The predicted molar refractivity (Wildman–Crippen MR) is 261 cm³/mol. The smallest absolute Gasteiger partial charge is 0.306 e. The molecule has 67 heavy (non-hydrogen) atoms. The summed E-state index contributed by atoms with van der Waals surface area (Å²) < 4.78 is 34.3. The predicted octanol–water partition coefficient (Wildman–Crippen LogP) is 8.63. The Morgan fingerprint density at radius 3 is 1.40 bits per heavy atom. The number of aliphatic hydroxyl groups excluding tert-OH is 7. The summed E-state index contributed by atoms with van der Waals surface area (Å²) in [5, 5.41) is 72.1. The molecule has 14 heteroatoms. The van der Waals surface area contributed by atoms with E-state index in [4.69, 9.17) is 28.4 Å². The number of carbonyl (C=O) groups excluding carboxylic acids is 1. The van der Waals surface area contributed by atoms with Crippen LogP contribution in [0.15, 0.2) is 12.2 Å². The number of carbonyl (C=O) groups is 1. The van der Waals surface area contributed by atoms with Crippen LogP contribution in [0.3, 0.4) is 0 Å². The highest BCUT2D eigenvalue weighted by Crippen LogP contribution is 2.27. The fraction of sp³-hybridized carbons (Fsp3) is 0.943. The van der Waals surface area contributed by atoms with Crippen LogP contribution in [0.2, 0.25) is 0 Å². The quantitative estimate of drug-likeness (QED) is 0.0173. The third-order valence-corrected chi connectivity index (χ3v) is 13.3. The van der Waals surface area contributed by atoms with E-state index in [9.17, 15) is 40.5 Å². The number of hydrogen-bond acceptors (Lipinski definition) is 14. The summed E-state index contributed by atoms with van der Waals surface area (Å²) in [6.45, 7) is 3.67. The molecule has 11 atom stereocenters. The van der Waals surface area contributed by atoms with Gasteiger partial charge >= 0.3 is 5.97 Å². The number of rotatable bonds is 44. The van der Waals surface area contributed by atoms with Gasteiger partial charge in [0.25, 0.3) is 0 Å². The van der Waals surface area contributed by atoms with E-state index in [2.05, 4.69) is 26.0 Å². The number of ether oxygens (including phenoxy) is 6. The van der Waals surface area contributed by atoms with Gasteiger partial charge in [0.2, 0.25) is 0 Å². The van der Waals surface area contributed by atoms with Gasteiger partial charge in [-0.15, -0.1) is 0 Å². The first-order valence-electron chi connectivity index (χ1n) is 27.3. The van der Waals surface area contributed by atoms with E-state index in [1.54, 1.807) is 0 Å². The van der Waals surface area contributed by atoms with Crippen LogP contribution < -0.4 is 0 Å². The Bertz CT molecular complexity index is 1160. The fourth-order valence-corrected chi connectivity index (χ4v) is 8.80. The molecule has 2 aliphatic rings. The fourth-order valence-electron chi connectivity index (χ4n) is 8.80. The lowest BCUT2D eigenvalue weighted by molar-refractivity contribution is -0.332. The normalized spacial score (nSPS) is 26.1. The molecular formula is C53H100O14. The van der Waals surface area contributed by atoms with Crippen LogP contribution in [0.25, 0.3) is 0 Å². The van der Waals surface area contributed by atoms with Gasteiger partial charge in [0.1, 0.15) is 54.9 Å². The summed E-state index contributed by atoms with van der Waals surface area (Å²) in [7, 11) is 0. The second kappa shape index (κ2) is 41.4. The van der Waals surface area contributed by atoms with E-state index < -0.39 is 80.7 Å². The Morgan fingerprint density at radius 1 is 0.478 bits per heavy atom. The first-order valence-corrected chi connectivity index (χ1v) is 27.3. The van der Waals surface area contributed by atoms with E-state index in [0.29, 0.717) is 13.0 Å². The first-order chi connectivity index (χ1) is 32.6. The number of esters is 1. The molecular weight excluding hydrogens is 861 g/mol. The molecule has 2 rings (SSSR count). The number of allylic oxidation sites excluding steroid dienone is 2. The van der Waals surface area contributed by atoms with Gasteiger partial charge in [-0.3, -0.25) is 4.79 Å². The van der Waals surface area contributed by atoms with Crippen LogP contribution in [0.4, 0.5) is 0 Å². The van der Waals surface area contributed by atoms with Gasteiger partial charge in [-0.2, -0.15) is 0 Å². The summed E-state index contributed by atoms with van der Waals surface area (Å²) in [6.07, 6.45) is 27.2. The SMILES string of the molecule is CCCC/C=C\CCCCCCCC(=O)OC(COCCCCCCCCCCCCCCCCCCCCCCCC)COC1OC(COC2OC(CO)C(O)C(O)C2O)C(O)C(O)C1O. The molecule has 0 spiro atoms. The van der Waals surface area contributed by atoms with Crippen LogP contribution >= 0.6 is 0 Å².